The first-order valence-corrected chi connectivity index (χ1v) is 13.8. The second-order valence-corrected chi connectivity index (χ2v) is 11.6. The molecule has 1 aromatic rings. The molecule has 0 radical (unpaired) electrons. The maximum absolute atomic E-state index is 11.1. The van der Waals surface area contributed by atoms with Crippen LogP contribution in [-0.4, -0.2) is 71.1 Å². The van der Waals surface area contributed by atoms with Crippen LogP contribution in [0.5, 0.6) is 5.75 Å². The van der Waals surface area contributed by atoms with Crippen LogP contribution >= 0.6 is 12.2 Å². The number of benzene rings is 1. The van der Waals surface area contributed by atoms with Gasteiger partial charge in [0.05, 0.1) is 32.6 Å². The molecule has 3 heterocycles. The van der Waals surface area contributed by atoms with Crippen molar-refractivity contribution in [2.45, 2.75) is 69.4 Å². The summed E-state index contributed by atoms with van der Waals surface area (Å²) in [6.45, 7) is 2.33. The molecule has 2 saturated carbocycles. The van der Waals surface area contributed by atoms with Crippen LogP contribution < -0.4 is 4.74 Å². The third-order valence-corrected chi connectivity index (χ3v) is 10.0. The smallest absolute Gasteiger partial charge is 0.136 e. The third kappa shape index (κ3) is 3.35. The standard InChI is InChI=1S/C28H34N6OS/c1-35-23-13-7-6-12-22(23)24-27(14-29)16-32(20-8-2-3-9-20)17-28(24,15-30)26(36)34-19-33(18-31-25(27)34)21-10-4-5-11-21/h6-7,12-13,20-21,24H,2-5,8-11,16-19H2,1H3/t24-,27-,28-/m0/s1. The first-order chi connectivity index (χ1) is 17.6. The average Bonchev–Trinajstić information content (AvgIpc) is 3.66. The van der Waals surface area contributed by atoms with Crippen molar-refractivity contribution in [3.63, 3.8) is 0 Å². The number of hydrogen-bond donors (Lipinski definition) is 0. The Bertz CT molecular complexity index is 1160. The number of likely N-dealkylation sites (tertiary alicyclic amines) is 1. The number of thiocarbonyl (C=S) groups is 1. The molecule has 188 valence electrons. The van der Waals surface area contributed by atoms with Gasteiger partial charge in [-0.15, -0.1) is 0 Å². The SMILES string of the molecule is COc1ccccc1[C@@H]1[C@]2(C#N)CN(C3CCCC3)C[C@]1(C#N)C1=NCN(C3CCCC3)CN1C2=S. The summed E-state index contributed by atoms with van der Waals surface area (Å²) >= 11 is 6.25. The van der Waals surface area contributed by atoms with Crippen molar-refractivity contribution in [1.29, 1.82) is 10.5 Å². The van der Waals surface area contributed by atoms with E-state index in [2.05, 4.69) is 26.8 Å². The summed E-state index contributed by atoms with van der Waals surface area (Å²) in [6, 6.07) is 14.2. The van der Waals surface area contributed by atoms with E-state index in [0.29, 0.717) is 49.2 Å². The van der Waals surface area contributed by atoms with Gasteiger partial charge in [-0.05, 0) is 31.7 Å². The minimum Gasteiger partial charge on any atom is -0.496 e. The molecule has 0 aromatic heterocycles. The lowest BCUT2D eigenvalue weighted by Gasteiger charge is -2.61. The summed E-state index contributed by atoms with van der Waals surface area (Å²) in [5.74, 6) is 1.03. The van der Waals surface area contributed by atoms with Crippen LogP contribution in [0.2, 0.25) is 0 Å². The predicted molar refractivity (Wildman–Crippen MR) is 141 cm³/mol. The van der Waals surface area contributed by atoms with Crippen LogP contribution in [0.4, 0.5) is 0 Å². The molecule has 7 nitrogen and oxygen atoms in total. The maximum Gasteiger partial charge on any atom is 0.136 e. The lowest BCUT2D eigenvalue weighted by molar-refractivity contribution is 0.0282. The quantitative estimate of drug-likeness (QED) is 0.569. The highest BCUT2D eigenvalue weighted by Gasteiger charge is 2.69. The number of rotatable bonds is 4. The van der Waals surface area contributed by atoms with E-state index in [0.717, 1.165) is 24.2 Å². The minimum absolute atomic E-state index is 0.387. The van der Waals surface area contributed by atoms with Crippen molar-refractivity contribution < 1.29 is 4.74 Å². The monoisotopic (exact) mass is 502 g/mol. The molecule has 5 aliphatic rings. The largest absolute Gasteiger partial charge is 0.496 e. The van der Waals surface area contributed by atoms with Gasteiger partial charge in [-0.2, -0.15) is 10.5 Å². The number of para-hydroxylation sites is 1. The Kier molecular flexibility index (Phi) is 6.03. The van der Waals surface area contributed by atoms with E-state index in [1.807, 2.05) is 24.3 Å². The Morgan fingerprint density at radius 2 is 1.56 bits per heavy atom. The molecule has 3 atom stereocenters. The van der Waals surface area contributed by atoms with E-state index in [4.69, 9.17) is 21.9 Å². The second-order valence-electron chi connectivity index (χ2n) is 11.2. The number of aliphatic imine (C=N–C) groups is 1. The van der Waals surface area contributed by atoms with Crippen LogP contribution in [0, 0.1) is 33.5 Å². The Balaban J connectivity index is 1.53. The van der Waals surface area contributed by atoms with Crippen LogP contribution in [0.1, 0.15) is 62.8 Å². The van der Waals surface area contributed by atoms with Crippen molar-refractivity contribution in [3.8, 4) is 17.9 Å². The number of piperidine rings is 2. The van der Waals surface area contributed by atoms with E-state index in [1.54, 1.807) is 7.11 Å². The summed E-state index contributed by atoms with van der Waals surface area (Å²) in [5.41, 5.74) is -1.11. The van der Waals surface area contributed by atoms with E-state index in [-0.39, 0.29) is 0 Å². The zero-order chi connectivity index (χ0) is 24.9. The van der Waals surface area contributed by atoms with Crippen molar-refractivity contribution in [1.82, 2.24) is 14.7 Å². The number of methoxy groups -OCH3 is 1. The van der Waals surface area contributed by atoms with Gasteiger partial charge >= 0.3 is 0 Å². The van der Waals surface area contributed by atoms with Gasteiger partial charge in [-0.1, -0.05) is 56.1 Å². The number of ether oxygens (including phenoxy) is 1. The zero-order valence-corrected chi connectivity index (χ0v) is 21.8. The molecule has 0 N–H and O–H groups in total. The van der Waals surface area contributed by atoms with Gasteiger partial charge in [0.2, 0.25) is 0 Å². The van der Waals surface area contributed by atoms with Gasteiger partial charge in [0, 0.05) is 36.7 Å². The molecule has 2 bridgehead atoms. The maximum atomic E-state index is 11.1. The normalized spacial score (nSPS) is 33.6. The number of fused-ring (bicyclic) bond motifs is 4. The van der Waals surface area contributed by atoms with Gasteiger partial charge in [-0.3, -0.25) is 14.8 Å². The summed E-state index contributed by atoms with van der Waals surface area (Å²) in [4.78, 5) is 12.6. The topological polar surface area (TPSA) is 78.9 Å². The number of nitrogens with zero attached hydrogens (tertiary/aromatic N) is 6. The minimum atomic E-state index is -1.02. The molecule has 3 aliphatic heterocycles. The predicted octanol–water partition coefficient (Wildman–Crippen LogP) is 4.27. The molecule has 4 fully saturated rings. The Hall–Kier alpha value is -2.52. The molecule has 8 heteroatoms. The van der Waals surface area contributed by atoms with Crippen molar-refractivity contribution in [2.24, 2.45) is 15.8 Å². The van der Waals surface area contributed by atoms with Gasteiger partial charge in [0.1, 0.15) is 27.4 Å². The Morgan fingerprint density at radius 3 is 2.19 bits per heavy atom. The van der Waals surface area contributed by atoms with Gasteiger partial charge in [-0.25, -0.2) is 0 Å². The van der Waals surface area contributed by atoms with Crippen molar-refractivity contribution in [3.05, 3.63) is 29.8 Å². The first-order valence-electron chi connectivity index (χ1n) is 13.4. The molecule has 0 spiro atoms. The second kappa shape index (κ2) is 9.10. The van der Waals surface area contributed by atoms with Gasteiger partial charge < -0.3 is 9.64 Å². The molecule has 36 heavy (non-hydrogen) atoms. The third-order valence-electron chi connectivity index (χ3n) is 9.43. The molecule has 6 rings (SSSR count). The molecule has 0 unspecified atom stereocenters. The average molecular weight is 503 g/mol. The van der Waals surface area contributed by atoms with Crippen LogP contribution in [0.3, 0.4) is 0 Å². The fourth-order valence-electron chi connectivity index (χ4n) is 7.77. The molecular formula is C28H34N6OS. The highest BCUT2D eigenvalue weighted by atomic mass is 32.1. The number of hydrogen-bond acceptors (Lipinski definition) is 7. The van der Waals surface area contributed by atoms with Crippen molar-refractivity contribution in [2.75, 3.05) is 33.5 Å². The molecular weight excluding hydrogens is 468 g/mol. The van der Waals surface area contributed by atoms with Gasteiger partial charge in [0.15, 0.2) is 0 Å². The Labute approximate surface area is 219 Å². The summed E-state index contributed by atoms with van der Waals surface area (Å²) < 4.78 is 5.79. The molecule has 2 aliphatic carbocycles. The molecule has 0 amide bonds. The first kappa shape index (κ1) is 23.9. The van der Waals surface area contributed by atoms with E-state index >= 15 is 0 Å². The zero-order valence-electron chi connectivity index (χ0n) is 21.0. The van der Waals surface area contributed by atoms with Crippen LogP contribution in [0.15, 0.2) is 29.3 Å². The fourth-order valence-corrected chi connectivity index (χ4v) is 8.14. The van der Waals surface area contributed by atoms with Crippen LogP contribution in [-0.2, 0) is 0 Å². The fraction of sp³-hybridized carbons (Fsp3) is 0.643. The number of nitriles is 2. The summed E-state index contributed by atoms with van der Waals surface area (Å²) in [7, 11) is 1.66. The summed E-state index contributed by atoms with van der Waals surface area (Å²) in [6.07, 6.45) is 9.47. The highest BCUT2D eigenvalue weighted by Crippen LogP contribution is 2.60. The van der Waals surface area contributed by atoms with E-state index in [9.17, 15) is 10.5 Å². The van der Waals surface area contributed by atoms with Crippen LogP contribution in [0.25, 0.3) is 0 Å². The Morgan fingerprint density at radius 1 is 0.944 bits per heavy atom. The highest BCUT2D eigenvalue weighted by molar-refractivity contribution is 7.80. The molecule has 2 saturated heterocycles. The van der Waals surface area contributed by atoms with Crippen molar-refractivity contribution >= 4 is 23.0 Å². The summed E-state index contributed by atoms with van der Waals surface area (Å²) in [5, 5.41) is 22.1. The number of amidine groups is 1. The van der Waals surface area contributed by atoms with E-state index < -0.39 is 16.7 Å². The lowest BCUT2D eigenvalue weighted by Crippen LogP contribution is -2.74. The van der Waals surface area contributed by atoms with Gasteiger partial charge in [0.25, 0.3) is 0 Å². The van der Waals surface area contributed by atoms with E-state index in [1.165, 1.54) is 38.5 Å². The lowest BCUT2D eigenvalue weighted by atomic mass is 9.53. The molecule has 1 aromatic carbocycles.